The summed E-state index contributed by atoms with van der Waals surface area (Å²) in [6, 6.07) is 9.46. The molecule has 3 rings (SSSR count). The Morgan fingerprint density at radius 1 is 1.32 bits per heavy atom. The predicted octanol–water partition coefficient (Wildman–Crippen LogP) is 2.07. The molecule has 28 heavy (non-hydrogen) atoms. The van der Waals surface area contributed by atoms with Gasteiger partial charge >= 0.3 is 0 Å². The summed E-state index contributed by atoms with van der Waals surface area (Å²) >= 11 is 0. The van der Waals surface area contributed by atoms with Crippen molar-refractivity contribution in [2.75, 3.05) is 42.6 Å². The average Bonchev–Trinajstić information content (AvgIpc) is 2.72. The van der Waals surface area contributed by atoms with Crippen LogP contribution >= 0.6 is 0 Å². The van der Waals surface area contributed by atoms with Gasteiger partial charge in [0.2, 0.25) is 11.9 Å². The van der Waals surface area contributed by atoms with E-state index in [1.807, 2.05) is 42.2 Å². The number of rotatable bonds is 7. The molecular weight excluding hydrogens is 356 g/mol. The number of para-hydroxylation sites is 1. The third-order valence-corrected chi connectivity index (χ3v) is 4.79. The lowest BCUT2D eigenvalue weighted by Gasteiger charge is -2.27. The van der Waals surface area contributed by atoms with Crippen LogP contribution in [0.2, 0.25) is 0 Å². The van der Waals surface area contributed by atoms with E-state index in [0.29, 0.717) is 56.5 Å². The summed E-state index contributed by atoms with van der Waals surface area (Å²) in [5.74, 6) is 0.514. The number of aromatic nitrogens is 2. The Hall–Kier alpha value is -2.93. The third kappa shape index (κ3) is 4.67. The first-order chi connectivity index (χ1) is 13.6. The number of carbonyl (C=O) groups is 1. The highest BCUT2D eigenvalue weighted by Crippen LogP contribution is 2.16. The zero-order valence-corrected chi connectivity index (χ0v) is 16.2. The maximum absolute atomic E-state index is 12.8. The van der Waals surface area contributed by atoms with Crippen LogP contribution in [0.4, 0.5) is 11.6 Å². The number of hydrogen-bond acceptors (Lipinski definition) is 5. The van der Waals surface area contributed by atoms with Crippen LogP contribution in [0, 0.1) is 6.92 Å². The van der Waals surface area contributed by atoms with Crippen molar-refractivity contribution < 1.29 is 9.53 Å². The van der Waals surface area contributed by atoms with Gasteiger partial charge in [-0.05, 0) is 25.5 Å². The predicted molar refractivity (Wildman–Crippen MR) is 110 cm³/mol. The molecule has 0 saturated carbocycles. The van der Waals surface area contributed by atoms with Crippen LogP contribution in [0.5, 0.6) is 0 Å². The van der Waals surface area contributed by atoms with Gasteiger partial charge in [0.05, 0.1) is 13.2 Å². The summed E-state index contributed by atoms with van der Waals surface area (Å²) in [7, 11) is 0. The van der Waals surface area contributed by atoms with Crippen molar-refractivity contribution in [3.8, 4) is 0 Å². The van der Waals surface area contributed by atoms with E-state index in [2.05, 4.69) is 16.5 Å². The number of morpholine rings is 1. The van der Waals surface area contributed by atoms with Crippen LogP contribution in [0.1, 0.15) is 17.7 Å². The molecule has 2 aromatic rings. The van der Waals surface area contributed by atoms with Crippen LogP contribution in [-0.4, -0.2) is 48.7 Å². The molecule has 0 spiro atoms. The molecule has 0 atom stereocenters. The van der Waals surface area contributed by atoms with Crippen molar-refractivity contribution in [1.29, 1.82) is 0 Å². The van der Waals surface area contributed by atoms with Crippen LogP contribution in [0.3, 0.4) is 0 Å². The molecule has 0 unspecified atom stereocenters. The van der Waals surface area contributed by atoms with Crippen molar-refractivity contribution in [1.82, 2.24) is 9.97 Å². The molecule has 0 radical (unpaired) electrons. The van der Waals surface area contributed by atoms with E-state index in [1.165, 1.54) is 0 Å². The highest BCUT2D eigenvalue weighted by molar-refractivity contribution is 5.93. The molecule has 1 aromatic carbocycles. The largest absolute Gasteiger partial charge is 0.378 e. The van der Waals surface area contributed by atoms with Crippen molar-refractivity contribution in [3.05, 3.63) is 64.6 Å². The number of hydrogen-bond donors (Lipinski definition) is 1. The fourth-order valence-electron chi connectivity index (χ4n) is 3.27. The van der Waals surface area contributed by atoms with Gasteiger partial charge in [0.1, 0.15) is 0 Å². The lowest BCUT2D eigenvalue weighted by Crippen LogP contribution is -2.39. The number of amides is 1. The number of nitrogens with zero attached hydrogens (tertiary/aromatic N) is 3. The van der Waals surface area contributed by atoms with Crippen molar-refractivity contribution >= 4 is 17.5 Å². The van der Waals surface area contributed by atoms with Crippen LogP contribution in [-0.2, 0) is 16.0 Å². The number of aromatic amines is 1. The minimum atomic E-state index is -0.184. The average molecular weight is 382 g/mol. The summed E-state index contributed by atoms with van der Waals surface area (Å²) in [6.07, 6.45) is 2.27. The van der Waals surface area contributed by atoms with Gasteiger partial charge in [0, 0.05) is 43.0 Å². The highest BCUT2D eigenvalue weighted by Gasteiger charge is 2.19. The van der Waals surface area contributed by atoms with E-state index < -0.39 is 0 Å². The SMILES string of the molecule is C=CCN(C(=O)CCc1c(C)nc(N2CCOCC2)[nH]c1=O)c1ccccc1. The molecule has 0 aliphatic carbocycles. The van der Waals surface area contributed by atoms with Crippen molar-refractivity contribution in [2.24, 2.45) is 0 Å². The van der Waals surface area contributed by atoms with Gasteiger partial charge in [-0.25, -0.2) is 4.98 Å². The lowest BCUT2D eigenvalue weighted by molar-refractivity contribution is -0.118. The van der Waals surface area contributed by atoms with Crippen LogP contribution in [0.15, 0.2) is 47.8 Å². The summed E-state index contributed by atoms with van der Waals surface area (Å²) in [5.41, 5.74) is 1.85. The molecule has 1 N–H and O–H groups in total. The van der Waals surface area contributed by atoms with Crippen molar-refractivity contribution in [3.63, 3.8) is 0 Å². The van der Waals surface area contributed by atoms with E-state index >= 15 is 0 Å². The minimum absolute atomic E-state index is 0.0536. The number of nitrogens with one attached hydrogen (secondary N) is 1. The Labute approximate surface area is 164 Å². The van der Waals surface area contributed by atoms with Gasteiger partial charge in [0.15, 0.2) is 0 Å². The monoisotopic (exact) mass is 382 g/mol. The first-order valence-corrected chi connectivity index (χ1v) is 9.49. The molecular formula is C21H26N4O3. The van der Waals surface area contributed by atoms with E-state index in [-0.39, 0.29) is 17.9 Å². The second kappa shape index (κ2) is 9.32. The molecule has 2 heterocycles. The van der Waals surface area contributed by atoms with Gasteiger partial charge in [0.25, 0.3) is 5.56 Å². The smallest absolute Gasteiger partial charge is 0.255 e. The van der Waals surface area contributed by atoms with Crippen LogP contribution in [0.25, 0.3) is 0 Å². The maximum atomic E-state index is 12.8. The Balaban J connectivity index is 1.71. The summed E-state index contributed by atoms with van der Waals surface area (Å²) in [4.78, 5) is 36.4. The highest BCUT2D eigenvalue weighted by atomic mass is 16.5. The van der Waals surface area contributed by atoms with Gasteiger partial charge in [-0.2, -0.15) is 0 Å². The summed E-state index contributed by atoms with van der Waals surface area (Å²) < 4.78 is 5.34. The topological polar surface area (TPSA) is 78.5 Å². The van der Waals surface area contributed by atoms with E-state index in [9.17, 15) is 9.59 Å². The van der Waals surface area contributed by atoms with Crippen LogP contribution < -0.4 is 15.4 Å². The molecule has 1 amide bonds. The number of carbonyl (C=O) groups excluding carboxylic acids is 1. The number of aryl methyl sites for hydroxylation is 1. The first kappa shape index (κ1) is 19.8. The quantitative estimate of drug-likeness (QED) is 0.742. The second-order valence-electron chi connectivity index (χ2n) is 6.68. The normalized spacial score (nSPS) is 14.0. The van der Waals surface area contributed by atoms with Gasteiger partial charge < -0.3 is 14.5 Å². The fourth-order valence-corrected chi connectivity index (χ4v) is 3.27. The fraction of sp³-hybridized carbons (Fsp3) is 0.381. The standard InChI is InChI=1S/C21H26N4O3/c1-3-11-25(17-7-5-4-6-8-17)19(26)10-9-18-16(2)22-21(23-20(18)27)24-12-14-28-15-13-24/h3-8H,1,9-15H2,2H3,(H,22,23,27). The number of benzene rings is 1. The second-order valence-corrected chi connectivity index (χ2v) is 6.68. The molecule has 1 aliphatic rings. The number of ether oxygens (including phenoxy) is 1. The minimum Gasteiger partial charge on any atom is -0.378 e. The maximum Gasteiger partial charge on any atom is 0.255 e. The molecule has 0 bridgehead atoms. The van der Waals surface area contributed by atoms with Gasteiger partial charge in [-0.3, -0.25) is 14.6 Å². The van der Waals surface area contributed by atoms with Gasteiger partial charge in [-0.15, -0.1) is 6.58 Å². The Bertz CT molecular complexity index is 873. The molecule has 7 nitrogen and oxygen atoms in total. The molecule has 1 saturated heterocycles. The molecule has 1 aromatic heterocycles. The number of H-pyrrole nitrogens is 1. The Morgan fingerprint density at radius 3 is 2.68 bits per heavy atom. The molecule has 1 aliphatic heterocycles. The molecule has 1 fully saturated rings. The van der Waals surface area contributed by atoms with E-state index in [4.69, 9.17) is 4.74 Å². The Morgan fingerprint density at radius 2 is 2.04 bits per heavy atom. The van der Waals surface area contributed by atoms with Crippen molar-refractivity contribution in [2.45, 2.75) is 19.8 Å². The molecule has 148 valence electrons. The molecule has 7 heteroatoms. The summed E-state index contributed by atoms with van der Waals surface area (Å²) in [6.45, 7) is 8.63. The Kier molecular flexibility index (Phi) is 6.60. The van der Waals surface area contributed by atoms with Gasteiger partial charge in [-0.1, -0.05) is 24.3 Å². The third-order valence-electron chi connectivity index (χ3n) is 4.79. The van der Waals surface area contributed by atoms with E-state index in [0.717, 1.165) is 5.69 Å². The zero-order valence-electron chi connectivity index (χ0n) is 16.2. The summed E-state index contributed by atoms with van der Waals surface area (Å²) in [5, 5.41) is 0. The lowest BCUT2D eigenvalue weighted by atomic mass is 10.1. The van der Waals surface area contributed by atoms with E-state index in [1.54, 1.807) is 11.0 Å². The number of anilines is 2. The zero-order chi connectivity index (χ0) is 19.9. The first-order valence-electron chi connectivity index (χ1n) is 9.49.